The second-order valence-corrected chi connectivity index (χ2v) is 16.3. The maximum absolute atomic E-state index is 13.7. The Kier molecular flexibility index (Phi) is 9.83. The first-order chi connectivity index (χ1) is 17.3. The van der Waals surface area contributed by atoms with Crippen LogP contribution in [0.4, 0.5) is 14.5 Å². The maximum atomic E-state index is 13.7. The number of alkyl halides is 2. The number of pyridine rings is 1. The van der Waals surface area contributed by atoms with Gasteiger partial charge in [0.05, 0.1) is 22.3 Å². The van der Waals surface area contributed by atoms with Gasteiger partial charge in [-0.05, 0) is 61.5 Å². The van der Waals surface area contributed by atoms with Gasteiger partial charge in [0.15, 0.2) is 19.8 Å². The topological polar surface area (TPSA) is 60.9 Å². The van der Waals surface area contributed by atoms with Gasteiger partial charge in [0.25, 0.3) is 5.91 Å². The number of hydrogen-bond acceptors (Lipinski definition) is 5. The van der Waals surface area contributed by atoms with Crippen molar-refractivity contribution >= 4 is 43.1 Å². The monoisotopic (exact) mass is 574 g/mol. The van der Waals surface area contributed by atoms with Crippen molar-refractivity contribution in [3.63, 3.8) is 0 Å². The second-order valence-electron chi connectivity index (χ2n) is 10.7. The van der Waals surface area contributed by atoms with Crippen LogP contribution >= 0.6 is 23.2 Å². The number of carbonyl (C=O) groups is 1. The molecule has 37 heavy (non-hydrogen) atoms. The van der Waals surface area contributed by atoms with Crippen molar-refractivity contribution in [3.8, 4) is 11.5 Å². The zero-order valence-electron chi connectivity index (χ0n) is 21.8. The van der Waals surface area contributed by atoms with Crippen molar-refractivity contribution in [3.05, 3.63) is 46.2 Å². The molecule has 0 aliphatic heterocycles. The molecular formula is C26H34Cl2F2N2O4Si. The number of ether oxygens (including phenoxy) is 2. The Morgan fingerprint density at radius 1 is 1.16 bits per heavy atom. The van der Waals surface area contributed by atoms with E-state index in [9.17, 15) is 13.6 Å². The van der Waals surface area contributed by atoms with Gasteiger partial charge in [-0.2, -0.15) is 8.78 Å². The fourth-order valence-electron chi connectivity index (χ4n) is 3.34. The van der Waals surface area contributed by atoms with Gasteiger partial charge in [0, 0.05) is 31.1 Å². The molecule has 0 N–H and O–H groups in total. The van der Waals surface area contributed by atoms with Gasteiger partial charge in [-0.25, -0.2) is 0 Å². The zero-order chi connectivity index (χ0) is 27.4. The van der Waals surface area contributed by atoms with E-state index in [2.05, 4.69) is 43.6 Å². The summed E-state index contributed by atoms with van der Waals surface area (Å²) in [4.78, 5) is 19.2. The van der Waals surface area contributed by atoms with Gasteiger partial charge in [0.1, 0.15) is 0 Å². The Hall–Kier alpha value is -1.94. The minimum atomic E-state index is -3.02. The lowest BCUT2D eigenvalue weighted by Crippen LogP contribution is -2.41. The fraction of sp³-hybridized carbons (Fsp3) is 0.538. The number of benzene rings is 1. The van der Waals surface area contributed by atoms with Crippen molar-refractivity contribution in [2.45, 2.75) is 64.8 Å². The lowest BCUT2D eigenvalue weighted by Gasteiger charge is -2.36. The van der Waals surface area contributed by atoms with E-state index < -0.39 is 20.8 Å². The molecule has 0 saturated heterocycles. The summed E-state index contributed by atoms with van der Waals surface area (Å²) in [7, 11) is -1.97. The molecule has 1 fully saturated rings. The molecule has 6 nitrogen and oxygen atoms in total. The second kappa shape index (κ2) is 12.3. The van der Waals surface area contributed by atoms with Gasteiger partial charge < -0.3 is 18.8 Å². The highest BCUT2D eigenvalue weighted by atomic mass is 35.5. The smallest absolute Gasteiger partial charge is 0.387 e. The lowest BCUT2D eigenvalue weighted by atomic mass is 10.1. The number of rotatable bonds is 12. The average Bonchev–Trinajstić information content (AvgIpc) is 3.62. The van der Waals surface area contributed by atoms with Crippen molar-refractivity contribution in [2.75, 3.05) is 24.7 Å². The molecule has 1 saturated carbocycles. The summed E-state index contributed by atoms with van der Waals surface area (Å²) in [6, 6.07) is 4.16. The Morgan fingerprint density at radius 2 is 1.81 bits per heavy atom. The third kappa shape index (κ3) is 8.02. The van der Waals surface area contributed by atoms with Gasteiger partial charge >= 0.3 is 6.61 Å². The highest BCUT2D eigenvalue weighted by Gasteiger charge is 2.37. The van der Waals surface area contributed by atoms with E-state index >= 15 is 0 Å². The summed E-state index contributed by atoms with van der Waals surface area (Å²) in [6.45, 7) is 8.89. The zero-order valence-corrected chi connectivity index (χ0v) is 24.3. The Bertz CT molecular complexity index is 1070. The molecule has 0 bridgehead atoms. The molecule has 11 heteroatoms. The standard InChI is InChI=1S/C26H34Cl2F2N2O4Si/c1-26(2,3)37(4,5)35-12-6-11-32(23-19(27)14-31-15-20(23)28)24(33)18-9-10-21(36-25(29)30)22(13-18)34-16-17-7-8-17/h9-10,13-15,17,25H,6-8,11-12,16H2,1-5H3. The third-order valence-corrected chi connectivity index (χ3v) is 11.8. The van der Waals surface area contributed by atoms with Crippen molar-refractivity contribution < 1.29 is 27.5 Å². The Morgan fingerprint density at radius 3 is 2.38 bits per heavy atom. The van der Waals surface area contributed by atoms with Crippen LogP contribution in [0.2, 0.25) is 28.2 Å². The Labute approximate surface area is 228 Å². The van der Waals surface area contributed by atoms with Gasteiger partial charge in [-0.1, -0.05) is 44.0 Å². The van der Waals surface area contributed by atoms with E-state index in [0.29, 0.717) is 31.2 Å². The highest BCUT2D eigenvalue weighted by Crippen LogP contribution is 2.38. The fourth-order valence-corrected chi connectivity index (χ4v) is 5.00. The molecule has 3 rings (SSSR count). The first kappa shape index (κ1) is 29.6. The van der Waals surface area contributed by atoms with E-state index in [1.807, 2.05) is 0 Å². The first-order valence-corrected chi connectivity index (χ1v) is 15.9. The summed E-state index contributed by atoms with van der Waals surface area (Å²) >= 11 is 12.8. The largest absolute Gasteiger partial charge is 0.489 e. The van der Waals surface area contributed by atoms with Gasteiger partial charge in [0.2, 0.25) is 0 Å². The number of carbonyl (C=O) groups excluding carboxylic acids is 1. The summed E-state index contributed by atoms with van der Waals surface area (Å²) in [6.07, 6.45) is 5.41. The molecule has 1 aromatic heterocycles. The molecule has 0 unspecified atom stereocenters. The predicted octanol–water partition coefficient (Wildman–Crippen LogP) is 7.84. The number of nitrogens with zero attached hydrogens (tertiary/aromatic N) is 2. The summed E-state index contributed by atoms with van der Waals surface area (Å²) in [5.41, 5.74) is 0.547. The minimum absolute atomic E-state index is 0.0547. The van der Waals surface area contributed by atoms with E-state index in [0.717, 1.165) is 12.8 Å². The molecule has 1 aliphatic carbocycles. The van der Waals surface area contributed by atoms with Crippen LogP contribution in [0.1, 0.15) is 50.4 Å². The maximum Gasteiger partial charge on any atom is 0.387 e. The average molecular weight is 576 g/mol. The SMILES string of the molecule is CC(C)(C)[Si](C)(C)OCCCN(C(=O)c1ccc(OC(F)F)c(OCC2CC2)c1)c1c(Cl)cncc1Cl. The molecule has 1 heterocycles. The quantitative estimate of drug-likeness (QED) is 0.191. The number of amides is 1. The van der Waals surface area contributed by atoms with Crippen molar-refractivity contribution in [2.24, 2.45) is 5.92 Å². The lowest BCUT2D eigenvalue weighted by molar-refractivity contribution is -0.0515. The van der Waals surface area contributed by atoms with Crippen LogP contribution in [0.3, 0.4) is 0 Å². The minimum Gasteiger partial charge on any atom is -0.489 e. The van der Waals surface area contributed by atoms with Crippen molar-refractivity contribution in [1.29, 1.82) is 0 Å². The predicted molar refractivity (Wildman–Crippen MR) is 145 cm³/mol. The van der Waals surface area contributed by atoms with Crippen LogP contribution in [-0.4, -0.2) is 45.6 Å². The van der Waals surface area contributed by atoms with Crippen molar-refractivity contribution in [1.82, 2.24) is 4.98 Å². The Balaban J connectivity index is 1.86. The van der Waals surface area contributed by atoms with Crippen LogP contribution in [0.25, 0.3) is 0 Å². The van der Waals surface area contributed by atoms with E-state index in [-0.39, 0.29) is 38.7 Å². The molecule has 0 radical (unpaired) electrons. The van der Waals surface area contributed by atoms with Crippen LogP contribution in [0, 0.1) is 5.92 Å². The molecule has 2 aromatic rings. The molecule has 1 amide bonds. The molecule has 1 aliphatic rings. The molecule has 1 aromatic carbocycles. The van der Waals surface area contributed by atoms with Gasteiger partial charge in [-0.3, -0.25) is 9.78 Å². The van der Waals surface area contributed by atoms with E-state index in [1.165, 1.54) is 35.5 Å². The first-order valence-electron chi connectivity index (χ1n) is 12.3. The summed E-state index contributed by atoms with van der Waals surface area (Å²) in [5.74, 6) is -0.0690. The summed E-state index contributed by atoms with van der Waals surface area (Å²) < 4.78 is 42.5. The molecule has 0 atom stereocenters. The number of aromatic nitrogens is 1. The number of hydrogen-bond donors (Lipinski definition) is 0. The van der Waals surface area contributed by atoms with Crippen LogP contribution < -0.4 is 14.4 Å². The van der Waals surface area contributed by atoms with Crippen LogP contribution in [0.5, 0.6) is 11.5 Å². The third-order valence-electron chi connectivity index (χ3n) is 6.72. The molecule has 0 spiro atoms. The number of halogens is 4. The molecule has 204 valence electrons. The number of anilines is 1. The van der Waals surface area contributed by atoms with Gasteiger partial charge in [-0.15, -0.1) is 0 Å². The van der Waals surface area contributed by atoms with Crippen LogP contribution in [-0.2, 0) is 4.43 Å². The van der Waals surface area contributed by atoms with Crippen LogP contribution in [0.15, 0.2) is 30.6 Å². The normalized spacial score (nSPS) is 14.1. The summed E-state index contributed by atoms with van der Waals surface area (Å²) in [5, 5.41) is 0.488. The van der Waals surface area contributed by atoms with E-state index in [1.54, 1.807) is 0 Å². The van der Waals surface area contributed by atoms with E-state index in [4.69, 9.17) is 32.4 Å². The molecular weight excluding hydrogens is 541 g/mol. The highest BCUT2D eigenvalue weighted by molar-refractivity contribution is 6.74.